The highest BCUT2D eigenvalue weighted by Gasteiger charge is 2.41. The lowest BCUT2D eigenvalue weighted by Crippen LogP contribution is -1.95. The summed E-state index contributed by atoms with van der Waals surface area (Å²) in [5.74, 6) is 0. The van der Waals surface area contributed by atoms with Gasteiger partial charge in [-0.15, -0.1) is 11.5 Å². The van der Waals surface area contributed by atoms with Crippen molar-refractivity contribution in [2.24, 2.45) is 0 Å². The Morgan fingerprint density at radius 1 is 1.20 bits per heavy atom. The van der Waals surface area contributed by atoms with Crippen molar-refractivity contribution >= 4 is 23.7 Å². The van der Waals surface area contributed by atoms with E-state index in [2.05, 4.69) is 15.2 Å². The zero-order chi connectivity index (χ0) is 13.0. The third kappa shape index (κ3) is 17.9. The molecule has 12 nitrogen and oxygen atoms in total. The van der Waals surface area contributed by atoms with Crippen LogP contribution in [0.5, 0.6) is 0 Å². The van der Waals surface area contributed by atoms with Crippen LogP contribution < -0.4 is 24.6 Å². The van der Waals surface area contributed by atoms with Gasteiger partial charge >= 0.3 is 23.7 Å². The first-order chi connectivity index (χ1) is 7.04. The highest BCUT2D eigenvalue weighted by Crippen LogP contribution is 2.63. The first-order valence-corrected chi connectivity index (χ1v) is 8.29. The maximum atomic E-state index is 11.2. The molecule has 0 heterocycles. The zero-order valence-corrected chi connectivity index (χ0v) is 13.9. The van der Waals surface area contributed by atoms with Crippen molar-refractivity contribution in [3.05, 3.63) is 12.2 Å². The molecule has 20 heavy (non-hydrogen) atoms. The minimum atomic E-state index is -5.01. The molecule has 0 rings (SSSR count). The Balaban J connectivity index is -0.000000187. The topological polar surface area (TPSA) is 270 Å². The molecule has 0 aliphatic carbocycles. The van der Waals surface area contributed by atoms with E-state index in [0.717, 1.165) is 0 Å². The molecule has 0 aliphatic heterocycles. The maximum absolute atomic E-state index is 11.2. The second-order valence-corrected chi connectivity index (χ2v) is 7.38. The summed E-state index contributed by atoms with van der Waals surface area (Å²) in [5, 5.41) is 0. The van der Waals surface area contributed by atoms with E-state index in [0.29, 0.717) is 5.57 Å². The Hall–Kier alpha value is -0.0600. The molecule has 0 saturated heterocycles. The Labute approximate surface area is 118 Å². The molecule has 3 atom stereocenters. The van der Waals surface area contributed by atoms with Crippen molar-refractivity contribution in [2.45, 2.75) is 13.3 Å². The van der Waals surface area contributed by atoms with Crippen molar-refractivity contribution in [3.63, 3.8) is 0 Å². The predicted molar refractivity (Wildman–Crippen MR) is 76.0 cm³/mol. The molecule has 15 N–H and O–H groups in total. The molecule has 0 radical (unpaired) electrons. The Morgan fingerprint density at radius 3 is 1.90 bits per heavy atom. The summed E-state index contributed by atoms with van der Waals surface area (Å²) in [7, 11) is -12.8. The van der Waals surface area contributed by atoms with Crippen molar-refractivity contribution in [1.29, 1.82) is 0 Å². The van der Waals surface area contributed by atoms with E-state index in [1.807, 2.05) is 0 Å². The number of phosphoric acid groups is 1. The van der Waals surface area contributed by atoms with Crippen LogP contribution in [0.15, 0.2) is 12.2 Å². The van der Waals surface area contributed by atoms with E-state index in [1.54, 1.807) is 6.92 Å². The highest BCUT2D eigenvalue weighted by atomic mass is 31.3. The summed E-state index contributed by atoms with van der Waals surface area (Å²) in [6.45, 7) is 5.06. The fourth-order valence-corrected chi connectivity index (χ4v) is 4.01. The van der Waals surface area contributed by atoms with Crippen molar-refractivity contribution in [2.75, 3.05) is 6.16 Å². The summed E-state index contributed by atoms with van der Waals surface area (Å²) in [6.07, 6.45) is -0.322. The fourth-order valence-electron chi connectivity index (χ4n) is 0.637. The molecule has 0 aromatic rings. The van der Waals surface area contributed by atoms with Gasteiger partial charge in [-0.3, -0.25) is 9.46 Å². The van der Waals surface area contributed by atoms with Crippen LogP contribution in [0.2, 0.25) is 0 Å². The van der Waals surface area contributed by atoms with Gasteiger partial charge in [-0.2, -0.15) is 0 Å². The second-order valence-electron chi connectivity index (χ2n) is 2.94. The van der Waals surface area contributed by atoms with Crippen LogP contribution in [0.25, 0.3) is 0 Å². The second kappa shape index (κ2) is 12.7. The molecule has 15 heteroatoms. The summed E-state index contributed by atoms with van der Waals surface area (Å²) in [5.41, 5.74) is 0.583. The minimum absolute atomic E-state index is 0. The monoisotopic (exact) mass is 361 g/mol. The zero-order valence-electron chi connectivity index (χ0n) is 11.2. The van der Waals surface area contributed by atoms with Gasteiger partial charge in [-0.05, 0) is 17.7 Å². The molecule has 126 valence electrons. The van der Waals surface area contributed by atoms with Gasteiger partial charge in [0, 0.05) is 4.57 Å². The van der Waals surface area contributed by atoms with Gasteiger partial charge in [0.2, 0.25) is 0 Å². The van der Waals surface area contributed by atoms with Gasteiger partial charge in [0.25, 0.3) is 0 Å². The molecule has 0 fully saturated rings. The number of rotatable bonds is 7. The minimum Gasteiger partial charge on any atom is -0.344 e. The molecule has 0 amide bonds. The van der Waals surface area contributed by atoms with E-state index in [-0.39, 0.29) is 31.0 Å². The van der Waals surface area contributed by atoms with Crippen LogP contribution in [0.3, 0.4) is 0 Å². The normalized spacial score (nSPS) is 15.7. The molecule has 0 spiro atoms. The van der Waals surface area contributed by atoms with Gasteiger partial charge in [-0.1, -0.05) is 5.57 Å². The molecule has 0 aromatic heterocycles. The van der Waals surface area contributed by atoms with E-state index in [9.17, 15) is 13.7 Å². The SMILES string of the molecule is C=C(C)CCP(=O)(O)OP(=O)(O)O[P+](=O)O.N.N.N.N. The molecule has 3 unspecified atom stereocenters. The van der Waals surface area contributed by atoms with Crippen molar-refractivity contribution in [3.8, 4) is 0 Å². The fraction of sp³-hybridized carbons (Fsp3) is 0.600. The van der Waals surface area contributed by atoms with Crippen molar-refractivity contribution in [1.82, 2.24) is 24.6 Å². The van der Waals surface area contributed by atoms with Crippen LogP contribution in [0.1, 0.15) is 13.3 Å². The lowest BCUT2D eigenvalue weighted by molar-refractivity contribution is 0.263. The lowest BCUT2D eigenvalue weighted by atomic mass is 10.3. The van der Waals surface area contributed by atoms with Crippen LogP contribution >= 0.6 is 23.7 Å². The molecule has 0 aliphatic rings. The quantitative estimate of drug-likeness (QED) is 0.254. The largest absolute Gasteiger partial charge is 0.705 e. The van der Waals surface area contributed by atoms with Crippen LogP contribution in [0.4, 0.5) is 0 Å². The smallest absolute Gasteiger partial charge is 0.344 e. The van der Waals surface area contributed by atoms with E-state index < -0.39 is 29.8 Å². The molecular weight excluding hydrogens is 337 g/mol. The van der Waals surface area contributed by atoms with E-state index in [1.165, 1.54) is 0 Å². The summed E-state index contributed by atoms with van der Waals surface area (Å²) in [4.78, 5) is 26.1. The molecular formula is C5H24N4O8P3+. The Morgan fingerprint density at radius 2 is 1.60 bits per heavy atom. The third-order valence-electron chi connectivity index (χ3n) is 1.22. The average molecular weight is 361 g/mol. The first-order valence-electron chi connectivity index (χ1n) is 3.90. The van der Waals surface area contributed by atoms with Gasteiger partial charge < -0.3 is 29.5 Å². The molecule has 0 aromatic carbocycles. The molecule has 0 bridgehead atoms. The third-order valence-corrected chi connectivity index (χ3v) is 5.24. The summed E-state index contributed by atoms with van der Waals surface area (Å²) in [6, 6.07) is 0. The number of hydrogen-bond acceptors (Lipinski definition) is 9. The van der Waals surface area contributed by atoms with Gasteiger partial charge in [0.1, 0.15) is 0 Å². The van der Waals surface area contributed by atoms with Crippen molar-refractivity contribution < 1.29 is 37.0 Å². The van der Waals surface area contributed by atoms with E-state index in [4.69, 9.17) is 14.7 Å². The Kier molecular flexibility index (Phi) is 20.3. The summed E-state index contributed by atoms with van der Waals surface area (Å²) < 4.78 is 39.7. The van der Waals surface area contributed by atoms with E-state index >= 15 is 0 Å². The Bertz CT molecular complexity index is 390. The lowest BCUT2D eigenvalue weighted by Gasteiger charge is -2.11. The molecule has 0 saturated carbocycles. The predicted octanol–water partition coefficient (Wildman–Crippen LogP) is 2.57. The van der Waals surface area contributed by atoms with Crippen LogP contribution in [-0.2, 0) is 22.3 Å². The standard InChI is InChI=1S/C5H11O8P3.4H3N/c1-5(2)3-4-15(8,9)13-16(10,11)12-14(6)7;;;;/h1,3-4H2,2H3,(H2-,6,7,8,9,10,11);4*1H3/p+1. The first kappa shape index (κ1) is 32.0. The highest BCUT2D eigenvalue weighted by molar-refractivity contribution is 7.66. The average Bonchev–Trinajstić information content (AvgIpc) is 1.95. The number of hydrogen-bond donors (Lipinski definition) is 7. The summed E-state index contributed by atoms with van der Waals surface area (Å²) >= 11 is 0. The van der Waals surface area contributed by atoms with Gasteiger partial charge in [-0.25, -0.2) is 8.88 Å². The van der Waals surface area contributed by atoms with Crippen LogP contribution in [-0.4, -0.2) is 20.8 Å². The number of allylic oxidation sites excluding steroid dienone is 1. The van der Waals surface area contributed by atoms with Crippen LogP contribution in [0, 0.1) is 0 Å². The van der Waals surface area contributed by atoms with Gasteiger partial charge in [0.15, 0.2) is 0 Å². The maximum Gasteiger partial charge on any atom is 0.705 e. The van der Waals surface area contributed by atoms with Gasteiger partial charge in [0.05, 0.1) is 6.16 Å².